The molecular formula is C16H18BrNO2. The maximum atomic E-state index is 9.84. The molecule has 0 radical (unpaired) electrons. The van der Waals surface area contributed by atoms with Crippen molar-refractivity contribution >= 4 is 21.6 Å². The van der Waals surface area contributed by atoms with Gasteiger partial charge in [-0.2, -0.15) is 0 Å². The van der Waals surface area contributed by atoms with Crippen molar-refractivity contribution in [3.63, 3.8) is 0 Å². The largest absolute Gasteiger partial charge is 0.497 e. The summed E-state index contributed by atoms with van der Waals surface area (Å²) in [6.07, 6.45) is 0. The van der Waals surface area contributed by atoms with E-state index in [0.29, 0.717) is 0 Å². The van der Waals surface area contributed by atoms with E-state index in [1.165, 1.54) is 0 Å². The maximum Gasteiger partial charge on any atom is 0.119 e. The Labute approximate surface area is 127 Å². The van der Waals surface area contributed by atoms with Gasteiger partial charge < -0.3 is 15.2 Å². The molecule has 3 nitrogen and oxygen atoms in total. The van der Waals surface area contributed by atoms with E-state index in [0.717, 1.165) is 21.5 Å². The second kappa shape index (κ2) is 6.29. The van der Waals surface area contributed by atoms with E-state index in [1.807, 2.05) is 55.5 Å². The van der Waals surface area contributed by atoms with Crippen molar-refractivity contribution in [3.05, 3.63) is 58.6 Å². The van der Waals surface area contributed by atoms with Crippen LogP contribution in [0.2, 0.25) is 0 Å². The van der Waals surface area contributed by atoms with Crippen LogP contribution in [-0.4, -0.2) is 18.8 Å². The van der Waals surface area contributed by atoms with Crippen LogP contribution in [-0.2, 0) is 5.54 Å². The normalized spacial score (nSPS) is 13.6. The fourth-order valence-corrected chi connectivity index (χ4v) is 2.41. The quantitative estimate of drug-likeness (QED) is 0.873. The number of anilines is 1. The molecule has 0 aliphatic rings. The van der Waals surface area contributed by atoms with Crippen LogP contribution < -0.4 is 10.1 Å². The minimum absolute atomic E-state index is 0.0263. The highest BCUT2D eigenvalue weighted by molar-refractivity contribution is 9.10. The average molecular weight is 336 g/mol. The van der Waals surface area contributed by atoms with Gasteiger partial charge in [0.1, 0.15) is 5.75 Å². The molecule has 0 aliphatic heterocycles. The highest BCUT2D eigenvalue weighted by atomic mass is 79.9. The first kappa shape index (κ1) is 14.9. The van der Waals surface area contributed by atoms with Crippen molar-refractivity contribution in [2.45, 2.75) is 12.5 Å². The fourth-order valence-electron chi connectivity index (χ4n) is 2.03. The van der Waals surface area contributed by atoms with Crippen molar-refractivity contribution in [1.82, 2.24) is 0 Å². The van der Waals surface area contributed by atoms with Gasteiger partial charge in [0.2, 0.25) is 0 Å². The maximum absolute atomic E-state index is 9.84. The van der Waals surface area contributed by atoms with Crippen molar-refractivity contribution in [1.29, 1.82) is 0 Å². The summed E-state index contributed by atoms with van der Waals surface area (Å²) in [5.41, 5.74) is 1.32. The van der Waals surface area contributed by atoms with Gasteiger partial charge in [0.15, 0.2) is 0 Å². The lowest BCUT2D eigenvalue weighted by molar-refractivity contribution is 0.223. The summed E-state index contributed by atoms with van der Waals surface area (Å²) >= 11 is 3.51. The van der Waals surface area contributed by atoms with Crippen molar-refractivity contribution in [2.24, 2.45) is 0 Å². The van der Waals surface area contributed by atoms with Gasteiger partial charge >= 0.3 is 0 Å². The molecule has 2 aromatic carbocycles. The minimum Gasteiger partial charge on any atom is -0.497 e. The Morgan fingerprint density at radius 2 is 1.95 bits per heavy atom. The molecule has 4 heteroatoms. The number of ether oxygens (including phenoxy) is 1. The molecule has 0 saturated heterocycles. The molecule has 2 N–H and O–H groups in total. The van der Waals surface area contributed by atoms with Gasteiger partial charge in [0.25, 0.3) is 0 Å². The summed E-state index contributed by atoms with van der Waals surface area (Å²) in [7, 11) is 1.64. The van der Waals surface area contributed by atoms with Crippen molar-refractivity contribution < 1.29 is 9.84 Å². The number of hydrogen-bond acceptors (Lipinski definition) is 3. The van der Waals surface area contributed by atoms with Crippen molar-refractivity contribution in [2.75, 3.05) is 19.0 Å². The van der Waals surface area contributed by atoms with E-state index in [-0.39, 0.29) is 6.61 Å². The first-order valence-electron chi connectivity index (χ1n) is 6.37. The van der Waals surface area contributed by atoms with Gasteiger partial charge in [-0.05, 0) is 52.7 Å². The second-order valence-corrected chi connectivity index (χ2v) is 5.68. The summed E-state index contributed by atoms with van der Waals surface area (Å²) in [4.78, 5) is 0. The van der Waals surface area contributed by atoms with E-state index in [9.17, 15) is 5.11 Å². The molecule has 0 amide bonds. The van der Waals surface area contributed by atoms with Crippen LogP contribution in [0.3, 0.4) is 0 Å². The number of aliphatic hydroxyl groups excluding tert-OH is 1. The molecule has 0 aromatic heterocycles. The molecule has 2 aromatic rings. The van der Waals surface area contributed by atoms with Crippen LogP contribution in [0.15, 0.2) is 53.0 Å². The van der Waals surface area contributed by atoms with Gasteiger partial charge in [-0.15, -0.1) is 0 Å². The molecular weight excluding hydrogens is 318 g/mol. The zero-order valence-electron chi connectivity index (χ0n) is 11.6. The SMILES string of the molecule is COc1cccc(C(C)(CO)Nc2ccccc2Br)c1. The number of hydrogen-bond donors (Lipinski definition) is 2. The van der Waals surface area contributed by atoms with Gasteiger partial charge in [-0.1, -0.05) is 24.3 Å². The number of nitrogens with one attached hydrogen (secondary N) is 1. The number of aliphatic hydroxyl groups is 1. The van der Waals surface area contributed by atoms with E-state index >= 15 is 0 Å². The van der Waals surface area contributed by atoms with E-state index in [2.05, 4.69) is 21.2 Å². The summed E-state index contributed by atoms with van der Waals surface area (Å²) in [5, 5.41) is 13.2. The predicted octanol–water partition coefficient (Wildman–Crippen LogP) is 3.78. The van der Waals surface area contributed by atoms with E-state index in [4.69, 9.17) is 4.74 Å². The monoisotopic (exact) mass is 335 g/mol. The molecule has 0 heterocycles. The zero-order valence-corrected chi connectivity index (χ0v) is 13.1. The number of para-hydroxylation sites is 1. The first-order valence-corrected chi connectivity index (χ1v) is 7.16. The van der Waals surface area contributed by atoms with Crippen molar-refractivity contribution in [3.8, 4) is 5.75 Å². The molecule has 1 unspecified atom stereocenters. The summed E-state index contributed by atoms with van der Waals surface area (Å²) in [6.45, 7) is 1.93. The molecule has 0 bridgehead atoms. The second-order valence-electron chi connectivity index (χ2n) is 4.83. The lowest BCUT2D eigenvalue weighted by atomic mass is 9.92. The molecule has 0 aliphatic carbocycles. The topological polar surface area (TPSA) is 41.5 Å². The van der Waals surface area contributed by atoms with E-state index in [1.54, 1.807) is 7.11 Å². The van der Waals surface area contributed by atoms with Crippen LogP contribution in [0.25, 0.3) is 0 Å². The summed E-state index contributed by atoms with van der Waals surface area (Å²) in [5.74, 6) is 0.774. The number of benzene rings is 2. The van der Waals surface area contributed by atoms with Crippen LogP contribution in [0.1, 0.15) is 12.5 Å². The summed E-state index contributed by atoms with van der Waals surface area (Å²) < 4.78 is 6.21. The van der Waals surface area contributed by atoms with Gasteiger partial charge in [-0.3, -0.25) is 0 Å². The third kappa shape index (κ3) is 3.14. The first-order chi connectivity index (χ1) is 9.59. The molecule has 0 spiro atoms. The average Bonchev–Trinajstić information content (AvgIpc) is 2.49. The highest BCUT2D eigenvalue weighted by Crippen LogP contribution is 2.31. The third-order valence-corrected chi connectivity index (χ3v) is 4.00. The third-order valence-electron chi connectivity index (χ3n) is 3.31. The fraction of sp³-hybridized carbons (Fsp3) is 0.250. The summed E-state index contributed by atoms with van der Waals surface area (Å²) in [6, 6.07) is 15.6. The Morgan fingerprint density at radius 3 is 2.60 bits per heavy atom. The Hall–Kier alpha value is -1.52. The van der Waals surface area contributed by atoms with Gasteiger partial charge in [-0.25, -0.2) is 0 Å². The number of rotatable bonds is 5. The van der Waals surface area contributed by atoms with Crippen LogP contribution in [0.5, 0.6) is 5.75 Å². The standard InChI is InChI=1S/C16H18BrNO2/c1-16(11-19,12-6-5-7-13(10-12)20-2)18-15-9-4-3-8-14(15)17/h3-10,18-19H,11H2,1-2H3. The predicted molar refractivity (Wildman–Crippen MR) is 85.2 cm³/mol. The van der Waals surface area contributed by atoms with Gasteiger partial charge in [0.05, 0.1) is 19.3 Å². The highest BCUT2D eigenvalue weighted by Gasteiger charge is 2.26. The molecule has 106 valence electrons. The number of halogens is 1. The Morgan fingerprint density at radius 1 is 1.20 bits per heavy atom. The molecule has 1 atom stereocenters. The molecule has 0 saturated carbocycles. The molecule has 0 fully saturated rings. The number of methoxy groups -OCH3 is 1. The van der Waals surface area contributed by atoms with Crippen LogP contribution in [0, 0.1) is 0 Å². The Kier molecular flexibility index (Phi) is 4.68. The lowest BCUT2D eigenvalue weighted by Crippen LogP contribution is -2.36. The van der Waals surface area contributed by atoms with Crippen LogP contribution >= 0.6 is 15.9 Å². The Bertz CT molecular complexity index is 588. The molecule has 2 rings (SSSR count). The minimum atomic E-state index is -0.585. The molecule has 20 heavy (non-hydrogen) atoms. The zero-order chi connectivity index (χ0) is 14.6. The van der Waals surface area contributed by atoms with Crippen LogP contribution in [0.4, 0.5) is 5.69 Å². The lowest BCUT2D eigenvalue weighted by Gasteiger charge is -2.31. The van der Waals surface area contributed by atoms with E-state index < -0.39 is 5.54 Å². The van der Waals surface area contributed by atoms with Gasteiger partial charge in [0, 0.05) is 10.2 Å². The Balaban J connectivity index is 2.35. The smallest absolute Gasteiger partial charge is 0.119 e.